The number of aryl methyl sites for hydroxylation is 3. The summed E-state index contributed by atoms with van der Waals surface area (Å²) in [6.45, 7) is 2.60. The summed E-state index contributed by atoms with van der Waals surface area (Å²) in [5, 5.41) is 11.0. The predicted octanol–water partition coefficient (Wildman–Crippen LogP) is 4.16. The first kappa shape index (κ1) is 22.2. The lowest BCUT2D eigenvalue weighted by Gasteiger charge is -2.16. The van der Waals surface area contributed by atoms with Crippen LogP contribution in [0, 0.1) is 13.8 Å². The van der Waals surface area contributed by atoms with Crippen LogP contribution in [0.3, 0.4) is 0 Å². The van der Waals surface area contributed by atoms with Gasteiger partial charge in [-0.05, 0) is 38.5 Å². The molecule has 2 aromatic rings. The van der Waals surface area contributed by atoms with Gasteiger partial charge < -0.3 is 15.4 Å². The van der Waals surface area contributed by atoms with Crippen molar-refractivity contribution in [3.63, 3.8) is 0 Å². The Kier molecular flexibility index (Phi) is 8.32. The first-order valence-electron chi connectivity index (χ1n) is 8.68. The molecule has 1 aromatic heterocycles. The Bertz CT molecular complexity index is 827. The Balaban J connectivity index is 1.89. The molecule has 0 saturated carbocycles. The highest BCUT2D eigenvalue weighted by Crippen LogP contribution is 2.33. The van der Waals surface area contributed by atoms with E-state index in [-0.39, 0.29) is 17.3 Å². The number of guanidine groups is 1. The van der Waals surface area contributed by atoms with Gasteiger partial charge in [-0.3, -0.25) is 9.67 Å². The van der Waals surface area contributed by atoms with Crippen molar-refractivity contribution in [3.05, 3.63) is 45.2 Å². The first-order chi connectivity index (χ1) is 13.3. The number of nitrogens with zero attached hydrogens (tertiary/aromatic N) is 3. The molecule has 2 rings (SSSR count). The van der Waals surface area contributed by atoms with Gasteiger partial charge in [0, 0.05) is 43.0 Å². The lowest BCUT2D eigenvalue weighted by atomic mass is 10.2. The highest BCUT2D eigenvalue weighted by molar-refractivity contribution is 6.35. The Hall–Kier alpha value is -2.06. The van der Waals surface area contributed by atoms with E-state index >= 15 is 0 Å². The number of ether oxygens (including phenoxy) is 1. The number of hydrogen-bond donors (Lipinski definition) is 2. The molecule has 6 nitrogen and oxygen atoms in total. The highest BCUT2D eigenvalue weighted by atomic mass is 35.5. The van der Waals surface area contributed by atoms with Gasteiger partial charge in [-0.15, -0.1) is 0 Å². The minimum Gasteiger partial charge on any atom is -0.433 e. The fourth-order valence-electron chi connectivity index (χ4n) is 2.70. The average molecular weight is 434 g/mol. The van der Waals surface area contributed by atoms with E-state index in [9.17, 15) is 8.78 Å². The zero-order chi connectivity index (χ0) is 20.7. The Morgan fingerprint density at radius 1 is 1.25 bits per heavy atom. The van der Waals surface area contributed by atoms with E-state index in [1.165, 1.54) is 12.1 Å². The average Bonchev–Trinajstić information content (AvgIpc) is 2.94. The molecule has 0 spiro atoms. The minimum absolute atomic E-state index is 0.0254. The van der Waals surface area contributed by atoms with Crippen molar-refractivity contribution < 1.29 is 13.5 Å². The number of nitrogens with one attached hydrogen (secondary N) is 2. The van der Waals surface area contributed by atoms with Gasteiger partial charge in [-0.25, -0.2) is 0 Å². The van der Waals surface area contributed by atoms with Crippen LogP contribution < -0.4 is 15.4 Å². The number of aliphatic imine (C=N–C) groups is 1. The van der Waals surface area contributed by atoms with Crippen molar-refractivity contribution >= 4 is 29.2 Å². The molecule has 10 heteroatoms. The van der Waals surface area contributed by atoms with Gasteiger partial charge in [-0.2, -0.15) is 13.9 Å². The van der Waals surface area contributed by atoms with E-state index in [4.69, 9.17) is 23.2 Å². The second-order valence-electron chi connectivity index (χ2n) is 6.11. The largest absolute Gasteiger partial charge is 0.433 e. The maximum absolute atomic E-state index is 12.6. The van der Waals surface area contributed by atoms with E-state index in [1.807, 2.05) is 24.6 Å². The monoisotopic (exact) mass is 433 g/mol. The van der Waals surface area contributed by atoms with Gasteiger partial charge in [0.05, 0.1) is 10.7 Å². The summed E-state index contributed by atoms with van der Waals surface area (Å²) < 4.78 is 31.8. The molecular weight excluding hydrogens is 411 g/mol. The van der Waals surface area contributed by atoms with Gasteiger partial charge >= 0.3 is 6.61 Å². The first-order valence-corrected chi connectivity index (χ1v) is 9.44. The lowest BCUT2D eigenvalue weighted by Crippen LogP contribution is -2.37. The maximum Gasteiger partial charge on any atom is 0.387 e. The molecule has 2 N–H and O–H groups in total. The van der Waals surface area contributed by atoms with E-state index < -0.39 is 6.61 Å². The molecule has 1 aromatic carbocycles. The van der Waals surface area contributed by atoms with Gasteiger partial charge in [0.25, 0.3) is 0 Å². The molecule has 28 heavy (non-hydrogen) atoms. The summed E-state index contributed by atoms with van der Waals surface area (Å²) in [4.78, 5) is 4.12. The molecule has 0 unspecified atom stereocenters. The van der Waals surface area contributed by atoms with Crippen LogP contribution in [-0.4, -0.2) is 35.9 Å². The number of hydrogen-bond acceptors (Lipinski definition) is 3. The van der Waals surface area contributed by atoms with Crippen LogP contribution in [0.25, 0.3) is 0 Å². The van der Waals surface area contributed by atoms with Gasteiger partial charge in [-0.1, -0.05) is 23.2 Å². The number of aromatic nitrogens is 2. The van der Waals surface area contributed by atoms with E-state index in [0.29, 0.717) is 23.1 Å². The van der Waals surface area contributed by atoms with Gasteiger partial charge in [0.2, 0.25) is 0 Å². The molecule has 0 amide bonds. The summed E-state index contributed by atoms with van der Waals surface area (Å²) in [7, 11) is 1.62. The minimum atomic E-state index is -2.98. The SMILES string of the molecule is CN=C(NCCCn1nc(C)cc1C)NCc1cc(Cl)cc(Cl)c1OC(F)F. The van der Waals surface area contributed by atoms with Crippen LogP contribution in [0.4, 0.5) is 8.78 Å². The fourth-order valence-corrected chi connectivity index (χ4v) is 3.28. The Morgan fingerprint density at radius 2 is 2.00 bits per heavy atom. The van der Waals surface area contributed by atoms with Gasteiger partial charge in [0.1, 0.15) is 5.75 Å². The number of rotatable bonds is 8. The number of halogens is 4. The molecule has 0 bridgehead atoms. The third-order valence-corrected chi connectivity index (χ3v) is 4.40. The van der Waals surface area contributed by atoms with E-state index in [0.717, 1.165) is 24.4 Å². The number of alkyl halides is 2. The van der Waals surface area contributed by atoms with Crippen molar-refractivity contribution in [3.8, 4) is 5.75 Å². The smallest absolute Gasteiger partial charge is 0.387 e. The van der Waals surface area contributed by atoms with Crippen LogP contribution in [-0.2, 0) is 13.1 Å². The number of benzene rings is 1. The standard InChI is InChI=1S/C18H23Cl2F2N5O/c1-11-7-12(2)27(26-11)6-4-5-24-18(23-3)25-10-13-8-14(19)9-15(20)16(13)28-17(21)22/h7-9,17H,4-6,10H2,1-3H3,(H2,23,24,25). The zero-order valence-electron chi connectivity index (χ0n) is 15.9. The van der Waals surface area contributed by atoms with Crippen molar-refractivity contribution in [1.82, 2.24) is 20.4 Å². The van der Waals surface area contributed by atoms with Crippen molar-refractivity contribution in [1.29, 1.82) is 0 Å². The second kappa shape index (κ2) is 10.5. The molecule has 0 fully saturated rings. The molecule has 0 radical (unpaired) electrons. The molecular formula is C18H23Cl2F2N5O. The van der Waals surface area contributed by atoms with Crippen LogP contribution in [0.1, 0.15) is 23.4 Å². The lowest BCUT2D eigenvalue weighted by molar-refractivity contribution is -0.0504. The maximum atomic E-state index is 12.6. The summed E-state index contributed by atoms with van der Waals surface area (Å²) in [6.07, 6.45) is 0.839. The van der Waals surface area contributed by atoms with Crippen LogP contribution in [0.15, 0.2) is 23.2 Å². The van der Waals surface area contributed by atoms with Crippen molar-refractivity contribution in [2.45, 2.75) is 40.0 Å². The quantitative estimate of drug-likeness (QED) is 0.372. The normalized spacial score (nSPS) is 11.8. The predicted molar refractivity (Wildman–Crippen MR) is 108 cm³/mol. The van der Waals surface area contributed by atoms with Crippen LogP contribution >= 0.6 is 23.2 Å². The molecule has 0 aliphatic carbocycles. The third-order valence-electron chi connectivity index (χ3n) is 3.90. The summed E-state index contributed by atoms with van der Waals surface area (Å²) in [6, 6.07) is 4.91. The molecule has 0 aliphatic heterocycles. The topological polar surface area (TPSA) is 63.5 Å². The zero-order valence-corrected chi connectivity index (χ0v) is 17.4. The molecule has 154 valence electrons. The van der Waals surface area contributed by atoms with E-state index in [1.54, 1.807) is 7.05 Å². The van der Waals surface area contributed by atoms with Crippen molar-refractivity contribution in [2.75, 3.05) is 13.6 Å². The third kappa shape index (κ3) is 6.53. The highest BCUT2D eigenvalue weighted by Gasteiger charge is 2.15. The van der Waals surface area contributed by atoms with Crippen molar-refractivity contribution in [2.24, 2.45) is 4.99 Å². The molecule has 0 saturated heterocycles. The molecule has 1 heterocycles. The van der Waals surface area contributed by atoms with Crippen LogP contribution in [0.2, 0.25) is 10.0 Å². The summed E-state index contributed by atoms with van der Waals surface area (Å²) in [5.41, 5.74) is 2.51. The van der Waals surface area contributed by atoms with Crippen LogP contribution in [0.5, 0.6) is 5.75 Å². The van der Waals surface area contributed by atoms with E-state index in [2.05, 4.69) is 25.5 Å². The fraction of sp³-hybridized carbons (Fsp3) is 0.444. The Labute approximate surface area is 172 Å². The Morgan fingerprint density at radius 3 is 2.61 bits per heavy atom. The molecule has 0 atom stereocenters. The second-order valence-corrected chi connectivity index (χ2v) is 6.95. The summed E-state index contributed by atoms with van der Waals surface area (Å²) in [5.74, 6) is 0.418. The van der Waals surface area contributed by atoms with Gasteiger partial charge in [0.15, 0.2) is 5.96 Å². The molecule has 0 aliphatic rings. The summed E-state index contributed by atoms with van der Waals surface area (Å²) >= 11 is 12.0.